The first kappa shape index (κ1) is 19.6. The van der Waals surface area contributed by atoms with E-state index >= 15 is 0 Å². The van der Waals surface area contributed by atoms with Crippen LogP contribution in [-0.4, -0.2) is 84.9 Å². The quantitative estimate of drug-likeness (QED) is 0.772. The van der Waals surface area contributed by atoms with Gasteiger partial charge < -0.3 is 20.0 Å². The number of nitrogens with zero attached hydrogens (tertiary/aromatic N) is 3. The molecule has 0 unspecified atom stereocenters. The number of rotatable bonds is 6. The molecule has 2 saturated heterocycles. The van der Waals surface area contributed by atoms with Crippen LogP contribution in [0.5, 0.6) is 0 Å². The van der Waals surface area contributed by atoms with Gasteiger partial charge in [0.15, 0.2) is 0 Å². The van der Waals surface area contributed by atoms with Crippen molar-refractivity contribution in [1.29, 1.82) is 0 Å². The van der Waals surface area contributed by atoms with Crippen LogP contribution in [0.1, 0.15) is 47.9 Å². The molecule has 6 heteroatoms. The number of likely N-dealkylation sites (tertiary alicyclic amines) is 1. The van der Waals surface area contributed by atoms with Gasteiger partial charge in [0.05, 0.1) is 0 Å². The Balaban J connectivity index is 0.00000261. The average molecular weight is 367 g/mol. The number of likely N-dealkylation sites (N-methyl/N-ethyl adjacent to an activating group) is 1. The maximum absolute atomic E-state index is 12.6. The molecule has 0 atom stereocenters. The first-order valence-corrected chi connectivity index (χ1v) is 10.4. The van der Waals surface area contributed by atoms with Gasteiger partial charge in [-0.3, -0.25) is 9.59 Å². The van der Waals surface area contributed by atoms with Crippen LogP contribution in [-0.2, 0) is 9.59 Å². The van der Waals surface area contributed by atoms with Crippen molar-refractivity contribution in [3.05, 3.63) is 0 Å². The largest absolute Gasteiger partial charge is 0.353 e. The second-order valence-corrected chi connectivity index (χ2v) is 8.86. The Bertz CT molecular complexity index is 514. The number of hydrogen-bond donors (Lipinski definition) is 1. The van der Waals surface area contributed by atoms with Crippen molar-refractivity contribution < 1.29 is 11.0 Å². The second kappa shape index (κ2) is 8.26. The zero-order valence-electron chi connectivity index (χ0n) is 16.8. The maximum atomic E-state index is 12.6. The molecule has 2 amide bonds. The third kappa shape index (κ3) is 4.58. The highest BCUT2D eigenvalue weighted by molar-refractivity contribution is 5.78. The lowest BCUT2D eigenvalue weighted by molar-refractivity contribution is -0.132. The fraction of sp³-hybridized carbons (Fsp3) is 0.900. The Morgan fingerprint density at radius 3 is 2.38 bits per heavy atom. The monoisotopic (exact) mass is 366 g/mol. The predicted molar refractivity (Wildman–Crippen MR) is 105 cm³/mol. The highest BCUT2D eigenvalue weighted by Crippen LogP contribution is 2.48. The third-order valence-corrected chi connectivity index (χ3v) is 6.57. The molecule has 1 aliphatic carbocycles. The fourth-order valence-electron chi connectivity index (χ4n) is 4.68. The number of nitrogens with one attached hydrogen (secondary N) is 1. The van der Waals surface area contributed by atoms with Crippen molar-refractivity contribution in [2.45, 2.75) is 52.5 Å². The Labute approximate surface area is 159 Å². The summed E-state index contributed by atoms with van der Waals surface area (Å²) in [5.74, 6) is 0.515. The van der Waals surface area contributed by atoms with Crippen molar-refractivity contribution >= 4 is 11.8 Å². The van der Waals surface area contributed by atoms with E-state index in [-0.39, 0.29) is 18.7 Å². The SMILES string of the molecule is CCN1CCN(CCC(=O)N2CCC3(CC(NC(=O)C(C)C)C3)C2)CC1.[HH]. The summed E-state index contributed by atoms with van der Waals surface area (Å²) in [6.45, 7) is 14.3. The van der Waals surface area contributed by atoms with Crippen LogP contribution >= 0.6 is 0 Å². The van der Waals surface area contributed by atoms with E-state index in [2.05, 4.69) is 26.9 Å². The lowest BCUT2D eigenvalue weighted by atomic mass is 9.65. The lowest BCUT2D eigenvalue weighted by Gasteiger charge is -2.45. The van der Waals surface area contributed by atoms with Crippen LogP contribution in [0.15, 0.2) is 0 Å². The van der Waals surface area contributed by atoms with Gasteiger partial charge in [-0.1, -0.05) is 20.8 Å². The van der Waals surface area contributed by atoms with Crippen LogP contribution < -0.4 is 5.32 Å². The van der Waals surface area contributed by atoms with Gasteiger partial charge in [0.1, 0.15) is 0 Å². The van der Waals surface area contributed by atoms with Crippen molar-refractivity contribution in [1.82, 2.24) is 20.0 Å². The van der Waals surface area contributed by atoms with Crippen molar-refractivity contribution in [3.8, 4) is 0 Å². The molecule has 2 aliphatic heterocycles. The van der Waals surface area contributed by atoms with Crippen LogP contribution in [0.4, 0.5) is 0 Å². The van der Waals surface area contributed by atoms with Crippen molar-refractivity contribution in [2.75, 3.05) is 52.4 Å². The highest BCUT2D eigenvalue weighted by atomic mass is 16.2. The Morgan fingerprint density at radius 2 is 1.77 bits per heavy atom. The number of carbonyl (C=O) groups is 2. The Hall–Kier alpha value is -1.14. The molecule has 0 radical (unpaired) electrons. The zero-order valence-corrected chi connectivity index (χ0v) is 16.8. The molecule has 1 N–H and O–H groups in total. The molecule has 3 aliphatic rings. The summed E-state index contributed by atoms with van der Waals surface area (Å²) >= 11 is 0. The van der Waals surface area contributed by atoms with Gasteiger partial charge in [0.25, 0.3) is 0 Å². The van der Waals surface area contributed by atoms with E-state index in [0.717, 1.165) is 71.6 Å². The maximum Gasteiger partial charge on any atom is 0.223 e. The lowest BCUT2D eigenvalue weighted by Crippen LogP contribution is -2.53. The molecular weight excluding hydrogens is 328 g/mol. The summed E-state index contributed by atoms with van der Waals surface area (Å²) in [5, 5.41) is 3.13. The van der Waals surface area contributed by atoms with Gasteiger partial charge in [0, 0.05) is 65.6 Å². The highest BCUT2D eigenvalue weighted by Gasteiger charge is 2.49. The standard InChI is InChI=1S/C20H36N4O2.H2/c1-4-22-9-11-23(12-10-22)7-5-18(25)24-8-6-20(15-24)13-17(14-20)21-19(26)16(2)3;/h16-17H,4-15H2,1-3H3,(H,21,26);1H. The van der Waals surface area contributed by atoms with E-state index in [1.807, 2.05) is 13.8 Å². The first-order valence-electron chi connectivity index (χ1n) is 10.4. The molecule has 3 fully saturated rings. The Kier molecular flexibility index (Phi) is 6.23. The summed E-state index contributed by atoms with van der Waals surface area (Å²) in [6.07, 6.45) is 3.82. The van der Waals surface area contributed by atoms with Crippen LogP contribution in [0.2, 0.25) is 0 Å². The van der Waals surface area contributed by atoms with E-state index in [9.17, 15) is 9.59 Å². The summed E-state index contributed by atoms with van der Waals surface area (Å²) in [6, 6.07) is 0.315. The number of piperazine rings is 1. The van der Waals surface area contributed by atoms with Gasteiger partial charge in [-0.2, -0.15) is 0 Å². The van der Waals surface area contributed by atoms with Gasteiger partial charge in [-0.15, -0.1) is 0 Å². The van der Waals surface area contributed by atoms with E-state index in [0.29, 0.717) is 18.4 Å². The molecule has 0 aromatic rings. The van der Waals surface area contributed by atoms with E-state index in [4.69, 9.17) is 0 Å². The summed E-state index contributed by atoms with van der Waals surface area (Å²) in [5.41, 5.74) is 0.275. The van der Waals surface area contributed by atoms with Crippen LogP contribution in [0, 0.1) is 11.3 Å². The van der Waals surface area contributed by atoms with Crippen molar-refractivity contribution in [3.63, 3.8) is 0 Å². The first-order chi connectivity index (χ1) is 12.4. The minimum absolute atomic E-state index is 0. The molecular formula is C20H38N4O2. The topological polar surface area (TPSA) is 55.9 Å². The van der Waals surface area contributed by atoms with Crippen molar-refractivity contribution in [2.24, 2.45) is 11.3 Å². The van der Waals surface area contributed by atoms with E-state index < -0.39 is 0 Å². The van der Waals surface area contributed by atoms with Crippen LogP contribution in [0.25, 0.3) is 0 Å². The molecule has 26 heavy (non-hydrogen) atoms. The zero-order chi connectivity index (χ0) is 18.7. The van der Waals surface area contributed by atoms with Gasteiger partial charge in [-0.25, -0.2) is 0 Å². The third-order valence-electron chi connectivity index (χ3n) is 6.57. The summed E-state index contributed by atoms with van der Waals surface area (Å²) in [4.78, 5) is 31.4. The molecule has 150 valence electrons. The van der Waals surface area contributed by atoms with E-state index in [1.54, 1.807) is 0 Å². The normalized spacial score (nSPS) is 30.0. The van der Waals surface area contributed by atoms with Crippen LogP contribution in [0.3, 0.4) is 0 Å². The molecule has 1 saturated carbocycles. The van der Waals surface area contributed by atoms with Gasteiger partial charge >= 0.3 is 0 Å². The second-order valence-electron chi connectivity index (χ2n) is 8.86. The predicted octanol–water partition coefficient (Wildman–Crippen LogP) is 1.41. The molecule has 0 bridgehead atoms. The summed E-state index contributed by atoms with van der Waals surface area (Å²) in [7, 11) is 0. The molecule has 1 spiro atoms. The number of carbonyl (C=O) groups excluding carboxylic acids is 2. The van der Waals surface area contributed by atoms with E-state index in [1.165, 1.54) is 0 Å². The molecule has 6 nitrogen and oxygen atoms in total. The average Bonchev–Trinajstić information content (AvgIpc) is 3.05. The number of amides is 2. The fourth-order valence-corrected chi connectivity index (χ4v) is 4.68. The molecule has 0 aromatic heterocycles. The van der Waals surface area contributed by atoms with Gasteiger partial charge in [0.2, 0.25) is 11.8 Å². The molecule has 2 heterocycles. The molecule has 3 rings (SSSR count). The summed E-state index contributed by atoms with van der Waals surface area (Å²) < 4.78 is 0. The smallest absolute Gasteiger partial charge is 0.223 e. The molecule has 0 aromatic carbocycles. The Morgan fingerprint density at radius 1 is 1.12 bits per heavy atom. The minimum atomic E-state index is 0. The van der Waals surface area contributed by atoms with Gasteiger partial charge in [-0.05, 0) is 31.2 Å². The number of hydrogen-bond acceptors (Lipinski definition) is 4. The minimum Gasteiger partial charge on any atom is -0.353 e.